The molecule has 160 valence electrons. The molecule has 4 heterocycles. The number of anilines is 1. The third kappa shape index (κ3) is 3.33. The van der Waals surface area contributed by atoms with Crippen LogP contribution in [0, 0.1) is 0 Å². The summed E-state index contributed by atoms with van der Waals surface area (Å²) in [6, 6.07) is 11.5. The second kappa shape index (κ2) is 7.70. The fourth-order valence-corrected chi connectivity index (χ4v) is 4.91. The molecule has 0 aliphatic carbocycles. The maximum absolute atomic E-state index is 13.1. The second-order valence-electron chi connectivity index (χ2n) is 8.15. The Morgan fingerprint density at radius 3 is 2.65 bits per heavy atom. The highest BCUT2D eigenvalue weighted by atomic mass is 16.5. The average molecular weight is 419 g/mol. The first kappa shape index (κ1) is 19.6. The van der Waals surface area contributed by atoms with Gasteiger partial charge in [0.05, 0.1) is 7.11 Å². The fourth-order valence-electron chi connectivity index (χ4n) is 4.91. The van der Waals surface area contributed by atoms with E-state index in [2.05, 4.69) is 14.8 Å². The lowest BCUT2D eigenvalue weighted by Crippen LogP contribution is -2.63. The number of amides is 2. The van der Waals surface area contributed by atoms with E-state index >= 15 is 0 Å². The van der Waals surface area contributed by atoms with Crippen LogP contribution in [0.2, 0.25) is 0 Å². The molecule has 2 fully saturated rings. The minimum Gasteiger partial charge on any atom is -0.497 e. The number of likely N-dealkylation sites (tertiary alicyclic amines) is 2. The molecule has 5 rings (SSSR count). The molecular formula is C23H25N5O3. The van der Waals surface area contributed by atoms with Gasteiger partial charge in [-0.2, -0.15) is 0 Å². The van der Waals surface area contributed by atoms with E-state index in [4.69, 9.17) is 4.74 Å². The molecular weight excluding hydrogens is 394 g/mol. The van der Waals surface area contributed by atoms with Gasteiger partial charge < -0.3 is 19.4 Å². The molecule has 1 aromatic carbocycles. The lowest BCUT2D eigenvalue weighted by Gasteiger charge is -2.48. The zero-order valence-electron chi connectivity index (χ0n) is 17.6. The van der Waals surface area contributed by atoms with Gasteiger partial charge in [0.25, 0.3) is 5.91 Å². The summed E-state index contributed by atoms with van der Waals surface area (Å²) >= 11 is 0. The third-order valence-corrected chi connectivity index (χ3v) is 6.44. The van der Waals surface area contributed by atoms with E-state index < -0.39 is 0 Å². The fraction of sp³-hybridized carbons (Fsp3) is 0.348. The molecule has 0 saturated carbocycles. The zero-order chi connectivity index (χ0) is 21.5. The molecule has 3 unspecified atom stereocenters. The van der Waals surface area contributed by atoms with Gasteiger partial charge in [0.15, 0.2) is 6.29 Å². The molecule has 0 radical (unpaired) electrons. The number of carbonyl (C=O) groups excluding carboxylic acids is 2. The first-order chi connectivity index (χ1) is 15.1. The van der Waals surface area contributed by atoms with Crippen molar-refractivity contribution < 1.29 is 14.3 Å². The Bertz CT molecular complexity index is 1030. The number of nitrogens with zero attached hydrogens (tertiary/aromatic N) is 5. The number of rotatable bonds is 4. The van der Waals surface area contributed by atoms with Crippen molar-refractivity contribution in [1.82, 2.24) is 19.7 Å². The van der Waals surface area contributed by atoms with Crippen molar-refractivity contribution in [1.29, 1.82) is 0 Å². The summed E-state index contributed by atoms with van der Waals surface area (Å²) in [5.41, 5.74) is 1.62. The topological polar surface area (TPSA) is 69.2 Å². The van der Waals surface area contributed by atoms with Crippen LogP contribution < -0.4 is 9.64 Å². The summed E-state index contributed by atoms with van der Waals surface area (Å²) in [5, 5.41) is 0. The van der Waals surface area contributed by atoms with Gasteiger partial charge in [-0.05, 0) is 36.8 Å². The van der Waals surface area contributed by atoms with Crippen LogP contribution in [0.3, 0.4) is 0 Å². The number of piperazine rings is 1. The van der Waals surface area contributed by atoms with Crippen LogP contribution in [0.5, 0.6) is 5.75 Å². The van der Waals surface area contributed by atoms with E-state index in [1.807, 2.05) is 48.5 Å². The maximum Gasteiger partial charge on any atom is 0.254 e. The number of methoxy groups -OCH3 is 1. The molecule has 2 amide bonds. The normalized spacial score (nSPS) is 25.4. The van der Waals surface area contributed by atoms with E-state index in [1.54, 1.807) is 36.5 Å². The Balaban J connectivity index is 1.37. The van der Waals surface area contributed by atoms with E-state index in [-0.39, 0.29) is 30.2 Å². The molecule has 2 saturated heterocycles. The molecule has 3 aliphatic rings. The monoisotopic (exact) mass is 419 g/mol. The SMILES string of the molecule is COc1cccc(C(=O)N2CC3CC2CN3C2N(C)C(=O)C=CN2c2ccncc2)c1. The van der Waals surface area contributed by atoms with Crippen LogP contribution in [0.4, 0.5) is 5.69 Å². The summed E-state index contributed by atoms with van der Waals surface area (Å²) in [5.74, 6) is 0.686. The van der Waals surface area contributed by atoms with Gasteiger partial charge in [-0.25, -0.2) is 0 Å². The second-order valence-corrected chi connectivity index (χ2v) is 8.15. The van der Waals surface area contributed by atoms with Crippen molar-refractivity contribution in [2.45, 2.75) is 24.8 Å². The van der Waals surface area contributed by atoms with Crippen molar-refractivity contribution in [3.63, 3.8) is 0 Å². The van der Waals surface area contributed by atoms with Crippen LogP contribution in [0.1, 0.15) is 16.8 Å². The first-order valence-electron chi connectivity index (χ1n) is 10.4. The smallest absolute Gasteiger partial charge is 0.254 e. The molecule has 2 aromatic rings. The van der Waals surface area contributed by atoms with Crippen molar-refractivity contribution in [3.8, 4) is 5.75 Å². The Morgan fingerprint density at radius 2 is 1.94 bits per heavy atom. The highest BCUT2D eigenvalue weighted by Crippen LogP contribution is 2.36. The van der Waals surface area contributed by atoms with E-state index in [1.165, 1.54) is 0 Å². The quantitative estimate of drug-likeness (QED) is 0.752. The van der Waals surface area contributed by atoms with Crippen molar-refractivity contribution in [2.75, 3.05) is 32.1 Å². The molecule has 3 aliphatic heterocycles. The van der Waals surface area contributed by atoms with E-state index in [0.717, 1.165) is 18.7 Å². The lowest BCUT2D eigenvalue weighted by molar-refractivity contribution is -0.132. The van der Waals surface area contributed by atoms with Gasteiger partial charge in [-0.1, -0.05) is 6.07 Å². The molecule has 1 aromatic heterocycles. The minimum atomic E-state index is -0.232. The standard InChI is InChI=1S/C23H25N5O3/c1-25-21(29)8-11-26(17-6-9-24-10-7-17)23(25)28-15-18-13-19(28)14-27(18)22(30)16-4-3-5-20(12-16)31-2/h3-12,18-19,23H,13-15H2,1-2H3. The molecule has 2 bridgehead atoms. The number of hydrogen-bond acceptors (Lipinski definition) is 6. The number of hydrogen-bond donors (Lipinski definition) is 0. The van der Waals surface area contributed by atoms with Gasteiger partial charge in [-0.15, -0.1) is 0 Å². The number of ether oxygens (including phenoxy) is 1. The lowest BCUT2D eigenvalue weighted by atomic mass is 10.1. The zero-order valence-corrected chi connectivity index (χ0v) is 17.6. The summed E-state index contributed by atoms with van der Waals surface area (Å²) in [7, 11) is 3.43. The van der Waals surface area contributed by atoms with Gasteiger partial charge >= 0.3 is 0 Å². The van der Waals surface area contributed by atoms with Crippen molar-refractivity contribution in [2.24, 2.45) is 0 Å². The number of fused-ring (bicyclic) bond motifs is 2. The van der Waals surface area contributed by atoms with Crippen molar-refractivity contribution >= 4 is 17.5 Å². The summed E-state index contributed by atoms with van der Waals surface area (Å²) < 4.78 is 5.27. The molecule has 8 nitrogen and oxygen atoms in total. The Morgan fingerprint density at radius 1 is 1.13 bits per heavy atom. The van der Waals surface area contributed by atoms with Gasteiger partial charge in [0, 0.05) is 68.1 Å². The molecule has 8 heteroatoms. The third-order valence-electron chi connectivity index (χ3n) is 6.44. The Kier molecular flexibility index (Phi) is 4.86. The summed E-state index contributed by atoms with van der Waals surface area (Å²) in [6.07, 6.45) is 7.60. The molecule has 0 N–H and O–H groups in total. The van der Waals surface area contributed by atoms with E-state index in [9.17, 15) is 9.59 Å². The van der Waals surface area contributed by atoms with Gasteiger partial charge in [-0.3, -0.25) is 19.5 Å². The average Bonchev–Trinajstić information content (AvgIpc) is 3.42. The molecule has 3 atom stereocenters. The first-order valence-corrected chi connectivity index (χ1v) is 10.4. The van der Waals surface area contributed by atoms with Crippen molar-refractivity contribution in [3.05, 3.63) is 66.6 Å². The maximum atomic E-state index is 13.1. The predicted molar refractivity (Wildman–Crippen MR) is 115 cm³/mol. The number of carbonyl (C=O) groups is 2. The van der Waals surface area contributed by atoms with Crippen LogP contribution in [-0.2, 0) is 4.79 Å². The largest absolute Gasteiger partial charge is 0.497 e. The minimum absolute atomic E-state index is 0.0256. The van der Waals surface area contributed by atoms with Crippen LogP contribution in [0.15, 0.2) is 61.1 Å². The van der Waals surface area contributed by atoms with E-state index in [0.29, 0.717) is 17.9 Å². The highest BCUT2D eigenvalue weighted by molar-refractivity contribution is 5.95. The van der Waals surface area contributed by atoms with Gasteiger partial charge in [0.2, 0.25) is 5.91 Å². The number of pyridine rings is 1. The van der Waals surface area contributed by atoms with Gasteiger partial charge in [0.1, 0.15) is 5.75 Å². The molecule has 31 heavy (non-hydrogen) atoms. The number of benzene rings is 1. The molecule has 0 spiro atoms. The van der Waals surface area contributed by atoms with Crippen LogP contribution in [-0.4, -0.2) is 77.1 Å². The van der Waals surface area contributed by atoms with Crippen LogP contribution in [0.25, 0.3) is 0 Å². The Hall–Kier alpha value is -3.39. The number of likely N-dealkylation sites (N-methyl/N-ethyl adjacent to an activating group) is 1. The summed E-state index contributed by atoms with van der Waals surface area (Å²) in [4.78, 5) is 37.9. The summed E-state index contributed by atoms with van der Waals surface area (Å²) in [6.45, 7) is 1.37. The number of aromatic nitrogens is 1. The van der Waals surface area contributed by atoms with Crippen LogP contribution >= 0.6 is 0 Å². The Labute approximate surface area is 181 Å². The predicted octanol–water partition coefficient (Wildman–Crippen LogP) is 1.76. The highest BCUT2D eigenvalue weighted by Gasteiger charge is 2.50.